The summed E-state index contributed by atoms with van der Waals surface area (Å²) in [7, 11) is -3.49. The van der Waals surface area contributed by atoms with Crippen LogP contribution in [0.2, 0.25) is 0 Å². The number of benzene rings is 2. The monoisotopic (exact) mass is 275 g/mol. The highest BCUT2D eigenvalue weighted by Crippen LogP contribution is 2.29. The first-order valence-corrected chi connectivity index (χ1v) is 7.63. The van der Waals surface area contributed by atoms with Crippen LogP contribution in [0.15, 0.2) is 63.8 Å². The zero-order chi connectivity index (χ0) is 12.6. The molecule has 0 aliphatic rings. The minimum absolute atomic E-state index is 0.148. The van der Waals surface area contributed by atoms with Gasteiger partial charge in [0.05, 0.1) is 15.1 Å². The third-order valence-electron chi connectivity index (χ3n) is 2.56. The molecule has 0 saturated heterocycles. The fourth-order valence-corrected chi connectivity index (χ4v) is 4.30. The highest BCUT2D eigenvalue weighted by atomic mass is 32.2. The Morgan fingerprint density at radius 2 is 1.56 bits per heavy atom. The third kappa shape index (κ3) is 1.81. The summed E-state index contributed by atoms with van der Waals surface area (Å²) in [5.41, 5.74) is 0.719. The molecule has 0 radical (unpaired) electrons. The number of hydrogen-bond donors (Lipinski definition) is 0. The molecule has 0 bridgehead atoms. The van der Waals surface area contributed by atoms with E-state index < -0.39 is 9.84 Å². The average molecular weight is 275 g/mol. The summed E-state index contributed by atoms with van der Waals surface area (Å²) >= 11 is 1.20. The van der Waals surface area contributed by atoms with Crippen molar-refractivity contribution in [2.24, 2.45) is 0 Å². The Labute approximate surface area is 109 Å². The number of rotatable bonds is 2. The Kier molecular flexibility index (Phi) is 2.65. The van der Waals surface area contributed by atoms with Crippen molar-refractivity contribution >= 4 is 31.4 Å². The lowest BCUT2D eigenvalue weighted by Gasteiger charge is -1.98. The fraction of sp³-hybridized carbons (Fsp3) is 0. The van der Waals surface area contributed by atoms with E-state index in [2.05, 4.69) is 4.98 Å². The number of aromatic nitrogens is 1. The van der Waals surface area contributed by atoms with E-state index in [0.717, 1.165) is 10.2 Å². The van der Waals surface area contributed by atoms with E-state index in [4.69, 9.17) is 0 Å². The van der Waals surface area contributed by atoms with Gasteiger partial charge < -0.3 is 0 Å². The molecule has 90 valence electrons. The SMILES string of the molecule is O=S(=O)(c1ccccc1)c1nc2ccccc2s1. The minimum Gasteiger partial charge on any atom is -0.225 e. The maximum atomic E-state index is 12.4. The van der Waals surface area contributed by atoms with Crippen LogP contribution in [0.3, 0.4) is 0 Å². The standard InChI is InChI=1S/C13H9NO2S2/c15-18(16,10-6-2-1-3-7-10)13-14-11-8-4-5-9-12(11)17-13/h1-9H. The Morgan fingerprint density at radius 3 is 2.28 bits per heavy atom. The molecule has 0 aliphatic heterocycles. The molecule has 1 heterocycles. The number of para-hydroxylation sites is 1. The van der Waals surface area contributed by atoms with Crippen LogP contribution in [-0.4, -0.2) is 13.4 Å². The lowest BCUT2D eigenvalue weighted by atomic mass is 10.3. The van der Waals surface area contributed by atoms with Gasteiger partial charge in [0.2, 0.25) is 14.2 Å². The predicted molar refractivity (Wildman–Crippen MR) is 71.5 cm³/mol. The molecule has 0 unspecified atom stereocenters. The van der Waals surface area contributed by atoms with Crippen LogP contribution in [-0.2, 0) is 9.84 Å². The normalized spacial score (nSPS) is 11.8. The Morgan fingerprint density at radius 1 is 0.889 bits per heavy atom. The average Bonchev–Trinajstić information content (AvgIpc) is 2.84. The van der Waals surface area contributed by atoms with E-state index in [1.807, 2.05) is 24.3 Å². The molecule has 0 amide bonds. The smallest absolute Gasteiger partial charge is 0.225 e. The summed E-state index contributed by atoms with van der Waals surface area (Å²) in [5.74, 6) is 0. The van der Waals surface area contributed by atoms with Crippen LogP contribution >= 0.6 is 11.3 Å². The number of nitrogens with zero attached hydrogens (tertiary/aromatic N) is 1. The minimum atomic E-state index is -3.49. The van der Waals surface area contributed by atoms with E-state index in [1.165, 1.54) is 11.3 Å². The van der Waals surface area contributed by atoms with Gasteiger partial charge in [-0.25, -0.2) is 13.4 Å². The highest BCUT2D eigenvalue weighted by molar-refractivity contribution is 7.93. The summed E-state index contributed by atoms with van der Waals surface area (Å²) in [6.45, 7) is 0. The van der Waals surface area contributed by atoms with Gasteiger partial charge in [-0.1, -0.05) is 30.3 Å². The van der Waals surface area contributed by atoms with Gasteiger partial charge in [-0.05, 0) is 24.3 Å². The van der Waals surface area contributed by atoms with Crippen molar-refractivity contribution in [1.29, 1.82) is 0 Å². The van der Waals surface area contributed by atoms with Gasteiger partial charge in [-0.2, -0.15) is 0 Å². The first-order valence-electron chi connectivity index (χ1n) is 5.34. The van der Waals surface area contributed by atoms with Crippen molar-refractivity contribution in [3.05, 3.63) is 54.6 Å². The van der Waals surface area contributed by atoms with E-state index in [9.17, 15) is 8.42 Å². The summed E-state index contributed by atoms with van der Waals surface area (Å²) in [6, 6.07) is 15.8. The zero-order valence-electron chi connectivity index (χ0n) is 9.28. The van der Waals surface area contributed by atoms with Crippen LogP contribution in [0, 0.1) is 0 Å². The van der Waals surface area contributed by atoms with Crippen LogP contribution in [0.25, 0.3) is 10.2 Å². The number of fused-ring (bicyclic) bond motifs is 1. The van der Waals surface area contributed by atoms with Gasteiger partial charge >= 0.3 is 0 Å². The number of hydrogen-bond acceptors (Lipinski definition) is 4. The van der Waals surface area contributed by atoms with E-state index in [-0.39, 0.29) is 9.24 Å². The van der Waals surface area contributed by atoms with Crippen molar-refractivity contribution in [3.63, 3.8) is 0 Å². The van der Waals surface area contributed by atoms with Crippen LogP contribution < -0.4 is 0 Å². The second-order valence-corrected chi connectivity index (χ2v) is 6.92. The maximum Gasteiger partial charge on any atom is 0.233 e. The van der Waals surface area contributed by atoms with Gasteiger partial charge in [0.15, 0.2) is 0 Å². The van der Waals surface area contributed by atoms with Crippen LogP contribution in [0.5, 0.6) is 0 Å². The van der Waals surface area contributed by atoms with Gasteiger partial charge in [0, 0.05) is 0 Å². The molecule has 0 fully saturated rings. The molecule has 1 aromatic heterocycles. The van der Waals surface area contributed by atoms with Gasteiger partial charge in [0.1, 0.15) is 0 Å². The molecular weight excluding hydrogens is 266 g/mol. The second-order valence-electron chi connectivity index (χ2n) is 3.76. The Balaban J connectivity index is 2.20. The first-order chi connectivity index (χ1) is 8.68. The largest absolute Gasteiger partial charge is 0.233 e. The number of thiazole rings is 1. The lowest BCUT2D eigenvalue weighted by Crippen LogP contribution is -2.00. The van der Waals surface area contributed by atoms with Crippen LogP contribution in [0.1, 0.15) is 0 Å². The Bertz CT molecular complexity index is 759. The van der Waals surface area contributed by atoms with Gasteiger partial charge in [-0.15, -0.1) is 11.3 Å². The highest BCUT2D eigenvalue weighted by Gasteiger charge is 2.21. The summed E-state index contributed by atoms with van der Waals surface area (Å²) in [5, 5.41) is 0. The quantitative estimate of drug-likeness (QED) is 0.722. The van der Waals surface area contributed by atoms with Crippen molar-refractivity contribution in [3.8, 4) is 0 Å². The molecule has 0 aliphatic carbocycles. The molecule has 3 rings (SSSR count). The van der Waals surface area contributed by atoms with Gasteiger partial charge in [-0.3, -0.25) is 0 Å². The molecule has 0 saturated carbocycles. The Hall–Kier alpha value is -1.72. The topological polar surface area (TPSA) is 47.0 Å². The summed E-state index contributed by atoms with van der Waals surface area (Å²) < 4.78 is 25.7. The van der Waals surface area contributed by atoms with Crippen molar-refractivity contribution in [2.45, 2.75) is 9.24 Å². The van der Waals surface area contributed by atoms with Crippen molar-refractivity contribution < 1.29 is 8.42 Å². The third-order valence-corrected chi connectivity index (χ3v) is 5.74. The molecule has 0 atom stereocenters. The van der Waals surface area contributed by atoms with Gasteiger partial charge in [0.25, 0.3) is 0 Å². The van der Waals surface area contributed by atoms with Crippen LogP contribution in [0.4, 0.5) is 0 Å². The molecule has 0 N–H and O–H groups in total. The maximum absolute atomic E-state index is 12.4. The molecule has 2 aromatic carbocycles. The van der Waals surface area contributed by atoms with Crippen molar-refractivity contribution in [1.82, 2.24) is 4.98 Å². The van der Waals surface area contributed by atoms with E-state index >= 15 is 0 Å². The van der Waals surface area contributed by atoms with E-state index in [0.29, 0.717) is 0 Å². The second kappa shape index (κ2) is 4.19. The lowest BCUT2D eigenvalue weighted by molar-refractivity contribution is 0.595. The zero-order valence-corrected chi connectivity index (χ0v) is 10.9. The fourth-order valence-electron chi connectivity index (χ4n) is 1.67. The summed E-state index contributed by atoms with van der Waals surface area (Å²) in [4.78, 5) is 4.47. The summed E-state index contributed by atoms with van der Waals surface area (Å²) in [6.07, 6.45) is 0. The first kappa shape index (κ1) is 11.4. The molecule has 3 aromatic rings. The predicted octanol–water partition coefficient (Wildman–Crippen LogP) is 3.13. The van der Waals surface area contributed by atoms with E-state index in [1.54, 1.807) is 30.3 Å². The number of sulfone groups is 1. The molecule has 3 nitrogen and oxygen atoms in total. The van der Waals surface area contributed by atoms with Crippen molar-refractivity contribution in [2.75, 3.05) is 0 Å². The molecule has 5 heteroatoms. The molecular formula is C13H9NO2S2. The molecule has 18 heavy (non-hydrogen) atoms. The molecule has 0 spiro atoms.